The SMILES string of the molecule is C=CCONCCCN1C(=O)c2ccccc2C1=O. The second-order valence-corrected chi connectivity index (χ2v) is 4.16. The Morgan fingerprint density at radius 1 is 1.21 bits per heavy atom. The van der Waals surface area contributed by atoms with E-state index in [2.05, 4.69) is 12.1 Å². The zero-order valence-electron chi connectivity index (χ0n) is 10.6. The van der Waals surface area contributed by atoms with E-state index in [4.69, 9.17) is 4.84 Å². The van der Waals surface area contributed by atoms with Gasteiger partial charge < -0.3 is 0 Å². The molecule has 0 unspecified atom stereocenters. The first-order valence-electron chi connectivity index (χ1n) is 6.16. The average molecular weight is 260 g/mol. The maximum atomic E-state index is 12.0. The van der Waals surface area contributed by atoms with Gasteiger partial charge in [-0.05, 0) is 18.6 Å². The van der Waals surface area contributed by atoms with Crippen LogP contribution in [0.3, 0.4) is 0 Å². The highest BCUT2D eigenvalue weighted by molar-refractivity contribution is 6.21. The summed E-state index contributed by atoms with van der Waals surface area (Å²) in [6.45, 7) is 4.90. The number of imide groups is 1. The summed E-state index contributed by atoms with van der Waals surface area (Å²) in [4.78, 5) is 30.3. The van der Waals surface area contributed by atoms with Gasteiger partial charge >= 0.3 is 0 Å². The fourth-order valence-corrected chi connectivity index (χ4v) is 1.94. The van der Waals surface area contributed by atoms with E-state index < -0.39 is 0 Å². The minimum Gasteiger partial charge on any atom is -0.298 e. The molecule has 0 aliphatic carbocycles. The summed E-state index contributed by atoms with van der Waals surface area (Å²) < 4.78 is 0. The van der Waals surface area contributed by atoms with Gasteiger partial charge in [-0.2, -0.15) is 0 Å². The van der Waals surface area contributed by atoms with Crippen LogP contribution in [0.2, 0.25) is 0 Å². The topological polar surface area (TPSA) is 58.6 Å². The number of hydroxylamine groups is 1. The molecule has 1 aromatic rings. The van der Waals surface area contributed by atoms with Crippen molar-refractivity contribution in [3.8, 4) is 0 Å². The first-order chi connectivity index (χ1) is 9.25. The molecule has 5 nitrogen and oxygen atoms in total. The van der Waals surface area contributed by atoms with Gasteiger partial charge in [0.1, 0.15) is 0 Å². The number of rotatable bonds is 7. The van der Waals surface area contributed by atoms with Crippen LogP contribution in [0.1, 0.15) is 27.1 Å². The highest BCUT2D eigenvalue weighted by atomic mass is 16.6. The maximum Gasteiger partial charge on any atom is 0.261 e. The Hall–Kier alpha value is -1.98. The Morgan fingerprint density at radius 2 is 1.84 bits per heavy atom. The molecule has 1 N–H and O–H groups in total. The third-order valence-corrected chi connectivity index (χ3v) is 2.84. The quantitative estimate of drug-likeness (QED) is 0.348. The average Bonchev–Trinajstić information content (AvgIpc) is 2.68. The normalized spacial score (nSPS) is 13.8. The molecular formula is C14H16N2O3. The molecule has 19 heavy (non-hydrogen) atoms. The van der Waals surface area contributed by atoms with Gasteiger partial charge in [0.05, 0.1) is 17.7 Å². The van der Waals surface area contributed by atoms with Crippen molar-refractivity contribution in [3.05, 3.63) is 48.0 Å². The molecule has 5 heteroatoms. The van der Waals surface area contributed by atoms with Crippen molar-refractivity contribution in [2.45, 2.75) is 6.42 Å². The first kappa shape index (κ1) is 13.5. The van der Waals surface area contributed by atoms with E-state index in [1.165, 1.54) is 4.90 Å². The number of fused-ring (bicyclic) bond motifs is 1. The summed E-state index contributed by atoms with van der Waals surface area (Å²) in [5.41, 5.74) is 3.72. The standard InChI is InChI=1S/C14H16N2O3/c1-2-10-19-15-8-5-9-16-13(17)11-6-3-4-7-12(11)14(16)18/h2-4,6-7,15H,1,5,8-10H2. The van der Waals surface area contributed by atoms with Crippen LogP contribution in [0.25, 0.3) is 0 Å². The van der Waals surface area contributed by atoms with Gasteiger partial charge in [-0.15, -0.1) is 6.58 Å². The zero-order chi connectivity index (χ0) is 13.7. The van der Waals surface area contributed by atoms with Crippen molar-refractivity contribution < 1.29 is 14.4 Å². The Labute approximate surface area is 111 Å². The summed E-state index contributed by atoms with van der Waals surface area (Å²) in [6.07, 6.45) is 2.28. The Morgan fingerprint density at radius 3 is 2.42 bits per heavy atom. The van der Waals surface area contributed by atoms with E-state index in [0.29, 0.717) is 37.2 Å². The molecule has 2 amide bonds. The third kappa shape index (κ3) is 2.89. The number of hydrogen-bond acceptors (Lipinski definition) is 4. The van der Waals surface area contributed by atoms with Crippen LogP contribution in [0.5, 0.6) is 0 Å². The van der Waals surface area contributed by atoms with Gasteiger partial charge in [-0.25, -0.2) is 5.48 Å². The molecule has 1 heterocycles. The summed E-state index contributed by atoms with van der Waals surface area (Å²) in [5, 5.41) is 0. The smallest absolute Gasteiger partial charge is 0.261 e. The van der Waals surface area contributed by atoms with Crippen LogP contribution in [-0.2, 0) is 4.84 Å². The molecular weight excluding hydrogens is 244 g/mol. The predicted molar refractivity (Wildman–Crippen MR) is 70.6 cm³/mol. The van der Waals surface area contributed by atoms with Crippen molar-refractivity contribution in [2.24, 2.45) is 0 Å². The van der Waals surface area contributed by atoms with Crippen LogP contribution < -0.4 is 5.48 Å². The number of nitrogens with one attached hydrogen (secondary N) is 1. The lowest BCUT2D eigenvalue weighted by molar-refractivity contribution is 0.0548. The molecule has 0 fully saturated rings. The summed E-state index contributed by atoms with van der Waals surface area (Å²) >= 11 is 0. The van der Waals surface area contributed by atoms with Gasteiger partial charge in [0, 0.05) is 13.1 Å². The van der Waals surface area contributed by atoms with Crippen molar-refractivity contribution in [1.29, 1.82) is 0 Å². The minimum absolute atomic E-state index is 0.215. The third-order valence-electron chi connectivity index (χ3n) is 2.84. The van der Waals surface area contributed by atoms with Crippen LogP contribution in [0.4, 0.5) is 0 Å². The van der Waals surface area contributed by atoms with Crippen LogP contribution in [0, 0.1) is 0 Å². The van der Waals surface area contributed by atoms with E-state index in [0.717, 1.165) is 0 Å². The van der Waals surface area contributed by atoms with Crippen LogP contribution in [0.15, 0.2) is 36.9 Å². The Kier molecular flexibility index (Phi) is 4.43. The monoisotopic (exact) mass is 260 g/mol. The second-order valence-electron chi connectivity index (χ2n) is 4.16. The van der Waals surface area contributed by atoms with Crippen molar-refractivity contribution in [2.75, 3.05) is 19.7 Å². The van der Waals surface area contributed by atoms with Crippen LogP contribution >= 0.6 is 0 Å². The second kappa shape index (κ2) is 6.26. The molecule has 0 saturated carbocycles. The summed E-state index contributed by atoms with van der Waals surface area (Å²) in [6, 6.07) is 6.89. The molecule has 2 rings (SSSR count). The lowest BCUT2D eigenvalue weighted by atomic mass is 10.1. The minimum atomic E-state index is -0.215. The largest absolute Gasteiger partial charge is 0.298 e. The van der Waals surface area contributed by atoms with E-state index in [9.17, 15) is 9.59 Å². The zero-order valence-corrected chi connectivity index (χ0v) is 10.6. The molecule has 0 saturated heterocycles. The van der Waals surface area contributed by atoms with Gasteiger partial charge in [-0.1, -0.05) is 18.2 Å². The van der Waals surface area contributed by atoms with Crippen molar-refractivity contribution >= 4 is 11.8 Å². The molecule has 1 aliphatic rings. The molecule has 1 aromatic carbocycles. The highest BCUT2D eigenvalue weighted by Gasteiger charge is 2.34. The fraction of sp³-hybridized carbons (Fsp3) is 0.286. The van der Waals surface area contributed by atoms with E-state index in [1.807, 2.05) is 0 Å². The molecule has 1 aliphatic heterocycles. The molecule has 0 atom stereocenters. The number of carbonyl (C=O) groups excluding carboxylic acids is 2. The number of hydrogen-bond donors (Lipinski definition) is 1. The van der Waals surface area contributed by atoms with E-state index in [1.54, 1.807) is 30.3 Å². The highest BCUT2D eigenvalue weighted by Crippen LogP contribution is 2.22. The molecule has 0 bridgehead atoms. The van der Waals surface area contributed by atoms with Gasteiger partial charge in [-0.3, -0.25) is 19.3 Å². The maximum absolute atomic E-state index is 12.0. The van der Waals surface area contributed by atoms with Crippen LogP contribution in [-0.4, -0.2) is 36.4 Å². The number of carbonyl (C=O) groups is 2. The number of benzene rings is 1. The lowest BCUT2D eigenvalue weighted by Crippen LogP contribution is -2.32. The first-order valence-corrected chi connectivity index (χ1v) is 6.16. The molecule has 100 valence electrons. The van der Waals surface area contributed by atoms with Gasteiger partial charge in [0.25, 0.3) is 11.8 Å². The van der Waals surface area contributed by atoms with Gasteiger partial charge in [0.15, 0.2) is 0 Å². The van der Waals surface area contributed by atoms with Gasteiger partial charge in [0.2, 0.25) is 0 Å². The summed E-state index contributed by atoms with van der Waals surface area (Å²) in [5.74, 6) is -0.430. The van der Waals surface area contributed by atoms with E-state index in [-0.39, 0.29) is 11.8 Å². The van der Waals surface area contributed by atoms with Crippen molar-refractivity contribution in [3.63, 3.8) is 0 Å². The Bertz CT molecular complexity index is 464. The van der Waals surface area contributed by atoms with E-state index >= 15 is 0 Å². The molecule has 0 radical (unpaired) electrons. The number of amides is 2. The molecule has 0 spiro atoms. The lowest BCUT2D eigenvalue weighted by Gasteiger charge is -2.13. The summed E-state index contributed by atoms with van der Waals surface area (Å²) in [7, 11) is 0. The molecule has 0 aromatic heterocycles. The number of nitrogens with zero attached hydrogens (tertiary/aromatic N) is 1. The fourth-order valence-electron chi connectivity index (χ4n) is 1.94. The predicted octanol–water partition coefficient (Wildman–Crippen LogP) is 1.38. The Balaban J connectivity index is 1.85. The van der Waals surface area contributed by atoms with Crippen molar-refractivity contribution in [1.82, 2.24) is 10.4 Å².